The molecule has 0 saturated carbocycles. The molecule has 4 rings (SSSR count). The number of para-hydroxylation sites is 1. The number of carbonyl (C=O) groups is 2. The highest BCUT2D eigenvalue weighted by atomic mass is 32.1. The van der Waals surface area contributed by atoms with Crippen molar-refractivity contribution in [2.75, 3.05) is 13.1 Å². The predicted octanol–water partition coefficient (Wildman–Crippen LogP) is 3.26. The van der Waals surface area contributed by atoms with Crippen LogP contribution in [0.2, 0.25) is 0 Å². The number of aromatic amines is 1. The summed E-state index contributed by atoms with van der Waals surface area (Å²) in [7, 11) is 0. The SMILES string of the molecule is O=C(NC1CCN(C(=O)c2cc3ccccc3[nH]2)CC1)c1ccsc1. The van der Waals surface area contributed by atoms with E-state index in [4.69, 9.17) is 0 Å². The van der Waals surface area contributed by atoms with E-state index >= 15 is 0 Å². The molecule has 0 spiro atoms. The van der Waals surface area contributed by atoms with Crippen molar-refractivity contribution < 1.29 is 9.59 Å². The Bertz CT molecular complexity index is 859. The van der Waals surface area contributed by atoms with E-state index in [1.165, 1.54) is 11.3 Å². The second-order valence-corrected chi connectivity index (χ2v) is 7.10. The minimum atomic E-state index is -0.0263. The van der Waals surface area contributed by atoms with Gasteiger partial charge in [0.05, 0.1) is 0 Å². The molecule has 1 aromatic carbocycles. The molecule has 128 valence electrons. The topological polar surface area (TPSA) is 65.2 Å². The highest BCUT2D eigenvalue weighted by Crippen LogP contribution is 2.19. The van der Waals surface area contributed by atoms with Crippen LogP contribution in [0.15, 0.2) is 47.2 Å². The van der Waals surface area contributed by atoms with Crippen LogP contribution in [0.5, 0.6) is 0 Å². The van der Waals surface area contributed by atoms with Crippen LogP contribution in [-0.2, 0) is 0 Å². The first-order valence-electron chi connectivity index (χ1n) is 8.41. The number of benzene rings is 1. The number of carbonyl (C=O) groups excluding carboxylic acids is 2. The van der Waals surface area contributed by atoms with E-state index in [-0.39, 0.29) is 17.9 Å². The minimum Gasteiger partial charge on any atom is -0.351 e. The Labute approximate surface area is 149 Å². The summed E-state index contributed by atoms with van der Waals surface area (Å²) in [5, 5.41) is 7.86. The van der Waals surface area contributed by atoms with Crippen LogP contribution in [0.25, 0.3) is 10.9 Å². The highest BCUT2D eigenvalue weighted by Gasteiger charge is 2.25. The summed E-state index contributed by atoms with van der Waals surface area (Å²) in [6.07, 6.45) is 1.56. The number of aromatic nitrogens is 1. The van der Waals surface area contributed by atoms with Crippen molar-refractivity contribution in [3.63, 3.8) is 0 Å². The summed E-state index contributed by atoms with van der Waals surface area (Å²) in [5.41, 5.74) is 2.31. The lowest BCUT2D eigenvalue weighted by Crippen LogP contribution is -2.46. The van der Waals surface area contributed by atoms with Crippen LogP contribution in [0.1, 0.15) is 33.7 Å². The third-order valence-corrected chi connectivity index (χ3v) is 5.34. The number of piperidine rings is 1. The lowest BCUT2D eigenvalue weighted by Gasteiger charge is -2.32. The molecule has 0 bridgehead atoms. The first-order chi connectivity index (χ1) is 12.2. The first-order valence-corrected chi connectivity index (χ1v) is 9.35. The number of H-pyrrole nitrogens is 1. The molecule has 0 atom stereocenters. The zero-order valence-electron chi connectivity index (χ0n) is 13.7. The zero-order valence-corrected chi connectivity index (χ0v) is 14.5. The van der Waals surface area contributed by atoms with Gasteiger partial charge in [0.15, 0.2) is 0 Å². The maximum Gasteiger partial charge on any atom is 0.270 e. The molecule has 1 saturated heterocycles. The second kappa shape index (κ2) is 6.72. The summed E-state index contributed by atoms with van der Waals surface area (Å²) in [6.45, 7) is 1.31. The van der Waals surface area contributed by atoms with Gasteiger partial charge in [0.2, 0.25) is 0 Å². The van der Waals surface area contributed by atoms with Crippen molar-refractivity contribution in [1.82, 2.24) is 15.2 Å². The molecule has 2 N–H and O–H groups in total. The largest absolute Gasteiger partial charge is 0.351 e. The van der Waals surface area contributed by atoms with Gasteiger partial charge in [-0.3, -0.25) is 9.59 Å². The fraction of sp³-hybridized carbons (Fsp3) is 0.263. The average Bonchev–Trinajstić information content (AvgIpc) is 3.31. The van der Waals surface area contributed by atoms with Crippen molar-refractivity contribution in [3.05, 3.63) is 58.4 Å². The van der Waals surface area contributed by atoms with Crippen LogP contribution < -0.4 is 5.32 Å². The average molecular weight is 353 g/mol. The van der Waals surface area contributed by atoms with Gasteiger partial charge in [0.1, 0.15) is 5.69 Å². The number of hydrogen-bond donors (Lipinski definition) is 2. The molecule has 5 nitrogen and oxygen atoms in total. The summed E-state index contributed by atoms with van der Waals surface area (Å²) in [5.74, 6) is 0.000421. The smallest absolute Gasteiger partial charge is 0.270 e. The van der Waals surface area contributed by atoms with Gasteiger partial charge in [-0.05, 0) is 36.4 Å². The van der Waals surface area contributed by atoms with Crippen LogP contribution in [0.4, 0.5) is 0 Å². The fourth-order valence-corrected chi connectivity index (χ4v) is 3.88. The van der Waals surface area contributed by atoms with Crippen molar-refractivity contribution in [2.24, 2.45) is 0 Å². The quantitative estimate of drug-likeness (QED) is 0.759. The molecule has 3 heterocycles. The number of nitrogens with zero attached hydrogens (tertiary/aromatic N) is 1. The van der Waals surface area contributed by atoms with Crippen LogP contribution >= 0.6 is 11.3 Å². The number of likely N-dealkylation sites (tertiary alicyclic amines) is 1. The van der Waals surface area contributed by atoms with E-state index in [2.05, 4.69) is 10.3 Å². The number of nitrogens with one attached hydrogen (secondary N) is 2. The fourth-order valence-electron chi connectivity index (χ4n) is 3.25. The van der Waals surface area contributed by atoms with Gasteiger partial charge >= 0.3 is 0 Å². The van der Waals surface area contributed by atoms with Crippen LogP contribution in [0, 0.1) is 0 Å². The Morgan fingerprint density at radius 1 is 1.16 bits per heavy atom. The van der Waals surface area contributed by atoms with Gasteiger partial charge < -0.3 is 15.2 Å². The Morgan fingerprint density at radius 2 is 1.96 bits per heavy atom. The minimum absolute atomic E-state index is 0.0263. The van der Waals surface area contributed by atoms with E-state index in [1.54, 1.807) is 0 Å². The lowest BCUT2D eigenvalue weighted by molar-refractivity contribution is 0.0693. The summed E-state index contributed by atoms with van der Waals surface area (Å²) in [4.78, 5) is 29.9. The van der Waals surface area contributed by atoms with Gasteiger partial charge in [-0.2, -0.15) is 11.3 Å². The molecule has 0 aliphatic carbocycles. The molecule has 1 aliphatic rings. The number of rotatable bonds is 3. The number of fused-ring (bicyclic) bond motifs is 1. The van der Waals surface area contributed by atoms with Crippen molar-refractivity contribution in [2.45, 2.75) is 18.9 Å². The van der Waals surface area contributed by atoms with Crippen molar-refractivity contribution in [1.29, 1.82) is 0 Å². The zero-order chi connectivity index (χ0) is 17.2. The maximum absolute atomic E-state index is 12.7. The van der Waals surface area contributed by atoms with Crippen LogP contribution in [0.3, 0.4) is 0 Å². The van der Waals surface area contributed by atoms with E-state index in [0.717, 1.165) is 23.7 Å². The van der Waals surface area contributed by atoms with Gasteiger partial charge in [-0.25, -0.2) is 0 Å². The normalized spacial score (nSPS) is 15.4. The van der Waals surface area contributed by atoms with E-state index in [1.807, 2.05) is 52.1 Å². The van der Waals surface area contributed by atoms with E-state index in [0.29, 0.717) is 24.3 Å². The Balaban J connectivity index is 1.36. The molecule has 2 amide bonds. The molecular formula is C19H19N3O2S. The molecule has 0 radical (unpaired) electrons. The molecule has 2 aromatic heterocycles. The second-order valence-electron chi connectivity index (χ2n) is 6.32. The van der Waals surface area contributed by atoms with Gasteiger partial charge in [-0.1, -0.05) is 18.2 Å². The molecule has 6 heteroatoms. The molecule has 3 aromatic rings. The number of hydrogen-bond acceptors (Lipinski definition) is 3. The van der Waals surface area contributed by atoms with Gasteiger partial charge in [0.25, 0.3) is 11.8 Å². The number of thiophene rings is 1. The highest BCUT2D eigenvalue weighted by molar-refractivity contribution is 7.08. The molecule has 25 heavy (non-hydrogen) atoms. The first kappa shape index (κ1) is 15.9. The van der Waals surface area contributed by atoms with E-state index in [9.17, 15) is 9.59 Å². The summed E-state index contributed by atoms with van der Waals surface area (Å²) >= 11 is 1.52. The third kappa shape index (κ3) is 3.30. The summed E-state index contributed by atoms with van der Waals surface area (Å²) in [6, 6.07) is 11.7. The molecule has 1 fully saturated rings. The Kier molecular flexibility index (Phi) is 4.28. The standard InChI is InChI=1S/C19H19N3O2S/c23-18(14-7-10-25-12-14)20-15-5-8-22(9-6-15)19(24)17-11-13-3-1-2-4-16(13)21-17/h1-4,7,10-12,15,21H,5-6,8-9H2,(H,20,23). The van der Waals surface area contributed by atoms with Gasteiger partial charge in [-0.15, -0.1) is 0 Å². The van der Waals surface area contributed by atoms with E-state index < -0.39 is 0 Å². The molecule has 0 unspecified atom stereocenters. The molecule has 1 aliphatic heterocycles. The predicted molar refractivity (Wildman–Crippen MR) is 99.0 cm³/mol. The third-order valence-electron chi connectivity index (χ3n) is 4.66. The Morgan fingerprint density at radius 3 is 2.68 bits per heavy atom. The maximum atomic E-state index is 12.7. The number of amides is 2. The lowest BCUT2D eigenvalue weighted by atomic mass is 10.0. The Hall–Kier alpha value is -2.60. The summed E-state index contributed by atoms with van der Waals surface area (Å²) < 4.78 is 0. The van der Waals surface area contributed by atoms with Crippen LogP contribution in [-0.4, -0.2) is 40.8 Å². The monoisotopic (exact) mass is 353 g/mol. The van der Waals surface area contributed by atoms with Crippen molar-refractivity contribution >= 4 is 34.1 Å². The van der Waals surface area contributed by atoms with Gasteiger partial charge in [0, 0.05) is 41.0 Å². The molecular weight excluding hydrogens is 334 g/mol. The van der Waals surface area contributed by atoms with Crippen molar-refractivity contribution in [3.8, 4) is 0 Å².